The molecule has 0 aromatic rings. The second-order valence-electron chi connectivity index (χ2n) is 5.97. The molecule has 0 N–H and O–H groups in total. The first-order chi connectivity index (χ1) is 4.71. The molecule has 0 saturated heterocycles. The van der Waals surface area contributed by atoms with Gasteiger partial charge in [0.25, 0.3) is 0 Å². The molecule has 3 heteroatoms. The first-order valence-corrected chi connectivity index (χ1v) is 19.9. The Bertz CT molecular complexity index is 96.2. The van der Waals surface area contributed by atoms with Gasteiger partial charge in [0, 0.05) is 0 Å². The van der Waals surface area contributed by atoms with Gasteiger partial charge in [-0.05, 0) is 0 Å². The normalized spacial score (nSPS) is 12.9. The van der Waals surface area contributed by atoms with Crippen LogP contribution in [0.2, 0.25) is 46.4 Å². The van der Waals surface area contributed by atoms with Gasteiger partial charge in [0.05, 0.1) is 0 Å². The molecule has 0 unspecified atom stereocenters. The molecule has 0 amide bonds. The van der Waals surface area contributed by atoms with E-state index in [1.165, 1.54) is 0 Å². The molecule has 0 rings (SSSR count). The van der Waals surface area contributed by atoms with Crippen LogP contribution in [0.1, 0.15) is 0 Å². The van der Waals surface area contributed by atoms with E-state index in [-0.39, 0.29) is 24.6 Å². The number of hydrogen-bond acceptors (Lipinski definition) is 0. The zero-order valence-electron chi connectivity index (χ0n) is 9.12. The van der Waals surface area contributed by atoms with E-state index in [1.54, 1.807) is 7.11 Å². The quantitative estimate of drug-likeness (QED) is 0.659. The number of hydrogen-bond donors (Lipinski definition) is 0. The first kappa shape index (κ1) is 12.4. The van der Waals surface area contributed by atoms with Crippen LogP contribution in [0.25, 0.3) is 0 Å². The first-order valence-electron chi connectivity index (χ1n) is 4.71. The monoisotopic (exact) mass is 376 g/mol. The van der Waals surface area contributed by atoms with Crippen molar-refractivity contribution in [2.75, 3.05) is 0 Å². The van der Waals surface area contributed by atoms with Crippen molar-refractivity contribution in [1.29, 1.82) is 0 Å². The van der Waals surface area contributed by atoms with E-state index in [4.69, 9.17) is 0 Å². The summed E-state index contributed by atoms with van der Waals surface area (Å²) in [6, 6.07) is 0. The maximum atomic E-state index is 2.53. The summed E-state index contributed by atoms with van der Waals surface area (Å²) in [5.74, 6) is 0. The standard InChI is InChI=1S/2C4H11Si.Hg/c2*1-5(2,3)4;/h2*1H2,2-4H3;. The summed E-state index contributed by atoms with van der Waals surface area (Å²) in [5.41, 5.74) is 0. The van der Waals surface area contributed by atoms with Gasteiger partial charge in [0.15, 0.2) is 0 Å². The summed E-state index contributed by atoms with van der Waals surface area (Å²) >= 11 is -0.373. The predicted octanol–water partition coefficient (Wildman–Crippen LogP) is 3.66. The second-order valence-corrected chi connectivity index (χ2v) is 31.6. The Morgan fingerprint density at radius 1 is 0.727 bits per heavy atom. The zero-order valence-corrected chi connectivity index (χ0v) is 16.6. The molecule has 0 aromatic heterocycles. The molecule has 0 nitrogen and oxygen atoms in total. The van der Waals surface area contributed by atoms with Crippen molar-refractivity contribution in [2.45, 2.75) is 46.4 Å². The molecule has 0 bridgehead atoms. The van der Waals surface area contributed by atoms with Crippen molar-refractivity contribution < 1.29 is 24.6 Å². The van der Waals surface area contributed by atoms with Gasteiger partial charge in [-0.15, -0.1) is 0 Å². The van der Waals surface area contributed by atoms with Crippen LogP contribution in [0, 0.1) is 0 Å². The van der Waals surface area contributed by atoms with E-state index in [2.05, 4.69) is 39.3 Å². The minimum absolute atomic E-state index is 0.373. The van der Waals surface area contributed by atoms with Gasteiger partial charge in [-0.1, -0.05) is 0 Å². The Kier molecular flexibility index (Phi) is 5.13. The average Bonchev–Trinajstić information content (AvgIpc) is 1.55. The van der Waals surface area contributed by atoms with Crippen molar-refractivity contribution >= 4 is 16.1 Å². The van der Waals surface area contributed by atoms with Gasteiger partial charge in [-0.25, -0.2) is 0 Å². The van der Waals surface area contributed by atoms with Gasteiger partial charge >= 0.3 is 87.1 Å². The van der Waals surface area contributed by atoms with Gasteiger partial charge in [0.2, 0.25) is 0 Å². The molecule has 0 fully saturated rings. The molecule has 0 aliphatic rings. The van der Waals surface area contributed by atoms with E-state index in [1.807, 2.05) is 0 Å². The van der Waals surface area contributed by atoms with Crippen molar-refractivity contribution in [3.8, 4) is 0 Å². The molecular formula is C8H22HgSi2. The SMILES string of the molecule is C[Si](C)(C)[CH2][Hg][CH2][Si](C)(C)C. The molecule has 0 heterocycles. The van der Waals surface area contributed by atoms with Crippen LogP contribution in [0.5, 0.6) is 0 Å². The van der Waals surface area contributed by atoms with Crippen LogP contribution in [0.4, 0.5) is 0 Å². The Labute approximate surface area is 86.6 Å². The van der Waals surface area contributed by atoms with Crippen molar-refractivity contribution in [3.63, 3.8) is 0 Å². The Hall–Kier alpha value is 1.37. The van der Waals surface area contributed by atoms with Gasteiger partial charge in [0.1, 0.15) is 0 Å². The fourth-order valence-electron chi connectivity index (χ4n) is 1.15. The maximum absolute atomic E-state index is 2.53. The molecule has 64 valence electrons. The fourth-order valence-corrected chi connectivity index (χ4v) is 34.9. The summed E-state index contributed by atoms with van der Waals surface area (Å²) in [4.78, 5) is 0. The molecule has 0 radical (unpaired) electrons. The molecule has 0 saturated carbocycles. The Balaban J connectivity index is 3.44. The van der Waals surface area contributed by atoms with Crippen LogP contribution in [0.15, 0.2) is 0 Å². The molecule has 0 aliphatic carbocycles. The molecule has 0 aliphatic heterocycles. The molecule has 0 atom stereocenters. The Morgan fingerprint density at radius 3 is 1.18 bits per heavy atom. The number of rotatable bonds is 4. The topological polar surface area (TPSA) is 0 Å². The van der Waals surface area contributed by atoms with E-state index in [0.717, 1.165) is 0 Å². The summed E-state index contributed by atoms with van der Waals surface area (Å²) in [7, 11) is -1.27. The molecule has 0 aromatic carbocycles. The third-order valence-electron chi connectivity index (χ3n) is 1.85. The Morgan fingerprint density at radius 2 is 1.00 bits per heavy atom. The average molecular weight is 375 g/mol. The van der Waals surface area contributed by atoms with Gasteiger partial charge in [-0.3, -0.25) is 0 Å². The summed E-state index contributed by atoms with van der Waals surface area (Å²) in [6.45, 7) is 15.2. The molecule has 11 heavy (non-hydrogen) atoms. The van der Waals surface area contributed by atoms with Gasteiger partial charge < -0.3 is 0 Å². The van der Waals surface area contributed by atoms with E-state index in [9.17, 15) is 0 Å². The van der Waals surface area contributed by atoms with Gasteiger partial charge in [-0.2, -0.15) is 0 Å². The summed E-state index contributed by atoms with van der Waals surface area (Å²) in [6.07, 6.45) is 0. The van der Waals surface area contributed by atoms with Crippen LogP contribution < -0.4 is 0 Å². The fraction of sp³-hybridized carbons (Fsp3) is 1.00. The van der Waals surface area contributed by atoms with E-state index in [0.29, 0.717) is 0 Å². The third-order valence-corrected chi connectivity index (χ3v) is 48.8. The minimum atomic E-state index is -0.636. The van der Waals surface area contributed by atoms with Crippen LogP contribution >= 0.6 is 0 Å². The zero-order chi connectivity index (χ0) is 9.12. The van der Waals surface area contributed by atoms with E-state index < -0.39 is 16.1 Å². The predicted molar refractivity (Wildman–Crippen MR) is 56.3 cm³/mol. The summed E-state index contributed by atoms with van der Waals surface area (Å²) < 4.78 is 3.49. The van der Waals surface area contributed by atoms with Crippen molar-refractivity contribution in [3.05, 3.63) is 0 Å². The molecular weight excluding hydrogens is 353 g/mol. The van der Waals surface area contributed by atoms with Crippen molar-refractivity contribution in [2.24, 2.45) is 0 Å². The van der Waals surface area contributed by atoms with Crippen LogP contribution in [-0.2, 0) is 24.6 Å². The van der Waals surface area contributed by atoms with Crippen molar-refractivity contribution in [1.82, 2.24) is 0 Å². The summed E-state index contributed by atoms with van der Waals surface area (Å²) in [5, 5.41) is 0. The van der Waals surface area contributed by atoms with E-state index >= 15 is 0 Å². The third kappa shape index (κ3) is 11.4. The molecule has 0 spiro atoms. The van der Waals surface area contributed by atoms with Crippen LogP contribution in [-0.4, -0.2) is 16.1 Å². The second kappa shape index (κ2) is 4.56. The van der Waals surface area contributed by atoms with Crippen LogP contribution in [0.3, 0.4) is 0 Å².